The molecule has 7 nitrogen and oxygen atoms in total. The molecule has 46 heavy (non-hydrogen) atoms. The van der Waals surface area contributed by atoms with E-state index in [2.05, 4.69) is 55.4 Å². The van der Waals surface area contributed by atoms with Crippen LogP contribution in [0.4, 0.5) is 0 Å². The molecule has 262 valence electrons. The molecule has 0 aliphatic heterocycles. The van der Waals surface area contributed by atoms with Crippen molar-refractivity contribution >= 4 is 23.6 Å². The molecule has 2 aliphatic carbocycles. The number of nitrogens with zero attached hydrogens (tertiary/aromatic N) is 1. The van der Waals surface area contributed by atoms with Crippen molar-refractivity contribution in [1.82, 2.24) is 15.5 Å². The average molecular weight is 660 g/mol. The Hall–Kier alpha value is -1.61. The molecule has 1 aromatic carbocycles. The largest absolute Gasteiger partial charge is 0.390 e. The van der Waals surface area contributed by atoms with Crippen molar-refractivity contribution in [2.24, 2.45) is 23.7 Å². The lowest BCUT2D eigenvalue weighted by Gasteiger charge is -2.34. The maximum atomic E-state index is 14.0. The van der Waals surface area contributed by atoms with E-state index in [0.29, 0.717) is 55.4 Å². The fraction of sp³-hybridized carbons (Fsp3) is 0.789. The van der Waals surface area contributed by atoms with Crippen molar-refractivity contribution in [1.29, 1.82) is 0 Å². The van der Waals surface area contributed by atoms with Crippen LogP contribution >= 0.6 is 11.8 Å². The van der Waals surface area contributed by atoms with Gasteiger partial charge in [0, 0.05) is 30.1 Å². The number of rotatable bonds is 21. The second-order valence-corrected chi connectivity index (χ2v) is 16.3. The van der Waals surface area contributed by atoms with Crippen LogP contribution in [0.5, 0.6) is 0 Å². The van der Waals surface area contributed by atoms with Crippen LogP contribution in [0.2, 0.25) is 0 Å². The van der Waals surface area contributed by atoms with E-state index >= 15 is 0 Å². The summed E-state index contributed by atoms with van der Waals surface area (Å²) in [7, 11) is 0. The highest BCUT2D eigenvalue weighted by atomic mass is 32.2. The van der Waals surface area contributed by atoms with E-state index in [0.717, 1.165) is 43.5 Å². The number of benzene rings is 1. The second-order valence-electron chi connectivity index (χ2n) is 15.2. The molecule has 0 unspecified atom stereocenters. The van der Waals surface area contributed by atoms with Crippen molar-refractivity contribution in [2.45, 2.75) is 149 Å². The maximum absolute atomic E-state index is 14.0. The Morgan fingerprint density at radius 2 is 1.48 bits per heavy atom. The summed E-state index contributed by atoms with van der Waals surface area (Å²) >= 11 is 1.81. The predicted molar refractivity (Wildman–Crippen MR) is 192 cm³/mol. The smallest absolute Gasteiger partial charge is 0.242 e. The fourth-order valence-corrected chi connectivity index (χ4v) is 8.14. The first kappa shape index (κ1) is 38.8. The third kappa shape index (κ3) is 13.9. The molecule has 8 heteroatoms. The Bertz CT molecular complexity index is 1000. The van der Waals surface area contributed by atoms with Gasteiger partial charge in [0.05, 0.1) is 18.1 Å². The molecule has 4 N–H and O–H groups in total. The van der Waals surface area contributed by atoms with Gasteiger partial charge in [-0.05, 0) is 76.7 Å². The van der Waals surface area contributed by atoms with E-state index in [9.17, 15) is 19.8 Å². The van der Waals surface area contributed by atoms with Crippen LogP contribution in [0.1, 0.15) is 111 Å². The van der Waals surface area contributed by atoms with Crippen LogP contribution < -0.4 is 10.6 Å². The van der Waals surface area contributed by atoms with Crippen LogP contribution in [-0.2, 0) is 16.0 Å². The van der Waals surface area contributed by atoms with Crippen LogP contribution in [0.25, 0.3) is 0 Å². The molecule has 2 saturated carbocycles. The molecule has 0 aromatic heterocycles. The lowest BCUT2D eigenvalue weighted by atomic mass is 9.82. The molecule has 0 bridgehead atoms. The van der Waals surface area contributed by atoms with E-state index in [1.165, 1.54) is 19.3 Å². The summed E-state index contributed by atoms with van der Waals surface area (Å²) < 4.78 is 0. The third-order valence-electron chi connectivity index (χ3n) is 9.89. The first-order valence-electron chi connectivity index (χ1n) is 18.3. The van der Waals surface area contributed by atoms with E-state index in [4.69, 9.17) is 0 Å². The lowest BCUT2D eigenvalue weighted by Crippen LogP contribution is -2.56. The van der Waals surface area contributed by atoms with Gasteiger partial charge in [-0.2, -0.15) is 11.8 Å². The second kappa shape index (κ2) is 20.0. The first-order valence-corrected chi connectivity index (χ1v) is 19.4. The fourth-order valence-electron chi connectivity index (χ4n) is 7.08. The highest BCUT2D eigenvalue weighted by Crippen LogP contribution is 2.34. The first-order chi connectivity index (χ1) is 21.9. The Balaban J connectivity index is 1.71. The summed E-state index contributed by atoms with van der Waals surface area (Å²) in [5.41, 5.74) is 1.12. The van der Waals surface area contributed by atoms with Crippen molar-refractivity contribution in [3.63, 3.8) is 0 Å². The van der Waals surface area contributed by atoms with E-state index in [-0.39, 0.29) is 23.7 Å². The number of aliphatic hydroxyl groups excluding tert-OH is 2. The van der Waals surface area contributed by atoms with Gasteiger partial charge >= 0.3 is 0 Å². The Morgan fingerprint density at radius 1 is 0.848 bits per heavy atom. The molecule has 3 rings (SSSR count). The molecular formula is C38H65N3O4S. The van der Waals surface area contributed by atoms with Gasteiger partial charge in [-0.25, -0.2) is 0 Å². The zero-order chi connectivity index (χ0) is 33.6. The molecule has 0 heterocycles. The molecule has 2 fully saturated rings. The summed E-state index contributed by atoms with van der Waals surface area (Å²) in [6.45, 7) is 13.9. The highest BCUT2D eigenvalue weighted by Gasteiger charge is 2.36. The molecule has 0 radical (unpaired) electrons. The number of carbonyl (C=O) groups excluding carboxylic acids is 2. The number of thioether (sulfide) groups is 1. The Kier molecular flexibility index (Phi) is 16.9. The van der Waals surface area contributed by atoms with Crippen LogP contribution in [-0.4, -0.2) is 81.4 Å². The monoisotopic (exact) mass is 659 g/mol. The number of carbonyl (C=O) groups is 2. The number of aliphatic hydroxyl groups is 2. The summed E-state index contributed by atoms with van der Waals surface area (Å²) in [4.78, 5) is 30.4. The van der Waals surface area contributed by atoms with E-state index in [1.807, 2.05) is 43.8 Å². The molecule has 0 spiro atoms. The summed E-state index contributed by atoms with van der Waals surface area (Å²) in [6.07, 6.45) is 8.34. The zero-order valence-corrected chi connectivity index (χ0v) is 30.4. The minimum absolute atomic E-state index is 0.0778. The highest BCUT2D eigenvalue weighted by molar-refractivity contribution is 7.99. The number of hydrogen-bond acceptors (Lipinski definition) is 6. The minimum atomic E-state index is -1.04. The number of hydrogen-bond donors (Lipinski definition) is 4. The zero-order valence-electron chi connectivity index (χ0n) is 29.6. The van der Waals surface area contributed by atoms with Gasteiger partial charge < -0.3 is 20.8 Å². The van der Waals surface area contributed by atoms with Gasteiger partial charge in [0.1, 0.15) is 12.1 Å². The molecule has 5 atom stereocenters. The van der Waals surface area contributed by atoms with Gasteiger partial charge in [-0.15, -0.1) is 0 Å². The maximum Gasteiger partial charge on any atom is 0.242 e. The topological polar surface area (TPSA) is 102 Å². The molecule has 0 saturated heterocycles. The van der Waals surface area contributed by atoms with Crippen LogP contribution in [0, 0.1) is 23.7 Å². The van der Waals surface area contributed by atoms with Crippen LogP contribution in [0.3, 0.4) is 0 Å². The molecule has 2 aliphatic rings. The van der Waals surface area contributed by atoms with Crippen molar-refractivity contribution < 1.29 is 19.8 Å². The molecule has 2 amide bonds. The average Bonchev–Trinajstić information content (AvgIpc) is 3.83. The third-order valence-corrected chi connectivity index (χ3v) is 11.0. The van der Waals surface area contributed by atoms with Crippen molar-refractivity contribution in [3.05, 3.63) is 35.9 Å². The SMILES string of the molecule is CC(C)C[C@H](O)[C@H](O)[C@H](CC1CCCCC1)NC(=O)[C@H](CC1CC1)NC(=O)[C@@H](CSCCN(C(C)C)C(C)C)Cc1ccccc1. The van der Waals surface area contributed by atoms with Gasteiger partial charge in [0.2, 0.25) is 11.8 Å². The number of amides is 2. The minimum Gasteiger partial charge on any atom is -0.390 e. The normalized spacial score (nSPS) is 19.3. The van der Waals surface area contributed by atoms with Gasteiger partial charge in [-0.1, -0.05) is 89.1 Å². The summed E-state index contributed by atoms with van der Waals surface area (Å²) in [6, 6.07) is 9.90. The van der Waals surface area contributed by atoms with E-state index in [1.54, 1.807) is 0 Å². The van der Waals surface area contributed by atoms with Crippen molar-refractivity contribution in [2.75, 3.05) is 18.1 Å². The summed E-state index contributed by atoms with van der Waals surface area (Å²) in [5, 5.41) is 28.5. The van der Waals surface area contributed by atoms with E-state index < -0.39 is 24.3 Å². The Morgan fingerprint density at radius 3 is 2.07 bits per heavy atom. The summed E-state index contributed by atoms with van der Waals surface area (Å²) in [5.74, 6) is 2.15. The van der Waals surface area contributed by atoms with Gasteiger partial charge in [0.15, 0.2) is 0 Å². The van der Waals surface area contributed by atoms with Gasteiger partial charge in [0.25, 0.3) is 0 Å². The standard InChI is InChI=1S/C38H65N3O4S/c1-26(2)21-35(42)36(43)33(23-30-15-11-8-12-16-30)39-38(45)34(24-31-17-18-31)40-37(44)32(22-29-13-9-7-10-14-29)25-46-20-19-41(27(3)4)28(5)6/h7,9-10,13-14,26-28,30-36,42-43H,8,11-12,15-25H2,1-6H3,(H,39,45)(H,40,44)/t32-,33+,34+,35+,36-/m1/s1. The molecular weight excluding hydrogens is 595 g/mol. The van der Waals surface area contributed by atoms with Gasteiger partial charge in [-0.3, -0.25) is 14.5 Å². The Labute approximate surface area is 284 Å². The molecule has 1 aromatic rings. The number of nitrogens with one attached hydrogen (secondary N) is 2. The van der Waals surface area contributed by atoms with Crippen LogP contribution in [0.15, 0.2) is 30.3 Å². The lowest BCUT2D eigenvalue weighted by molar-refractivity contribution is -0.132. The van der Waals surface area contributed by atoms with Crippen molar-refractivity contribution in [3.8, 4) is 0 Å². The quantitative estimate of drug-likeness (QED) is 0.117. The predicted octanol–water partition coefficient (Wildman–Crippen LogP) is 6.21.